The number of aryl methyl sites for hydroxylation is 1. The minimum Gasteiger partial charge on any atom is -0.382 e. The summed E-state index contributed by atoms with van der Waals surface area (Å²) in [5.41, 5.74) is 8.75. The molecule has 10 nitrogen and oxygen atoms in total. The molecule has 6 rings (SSSR count). The minimum atomic E-state index is -0.590. The van der Waals surface area contributed by atoms with Gasteiger partial charge in [0, 0.05) is 47.9 Å². The number of nitrogens with one attached hydrogen (secondary N) is 2. The number of H-pyrrole nitrogens is 1. The molecule has 0 aliphatic rings. The van der Waals surface area contributed by atoms with Gasteiger partial charge in [-0.3, -0.25) is 19.0 Å². The van der Waals surface area contributed by atoms with Gasteiger partial charge in [-0.25, -0.2) is 5.10 Å². The second-order valence-corrected chi connectivity index (χ2v) is 9.84. The maximum Gasteiger partial charge on any atom is 0.362 e. The van der Waals surface area contributed by atoms with Crippen LogP contribution in [0.2, 0.25) is 0 Å². The van der Waals surface area contributed by atoms with Crippen LogP contribution in [0.1, 0.15) is 40.1 Å². The normalized spacial score (nSPS) is 11.7. The lowest BCUT2D eigenvalue weighted by atomic mass is 10.0. The Morgan fingerprint density at radius 3 is 2.64 bits per heavy atom. The lowest BCUT2D eigenvalue weighted by Crippen LogP contribution is -2.33. The number of nitrogens with zero attached hydrogens (tertiary/aromatic N) is 4. The van der Waals surface area contributed by atoms with Gasteiger partial charge in [0.2, 0.25) is 5.56 Å². The van der Waals surface area contributed by atoms with E-state index in [1.54, 1.807) is 52.9 Å². The monoisotopic (exact) mass is 556 g/mol. The van der Waals surface area contributed by atoms with Gasteiger partial charge >= 0.3 is 5.65 Å². The Labute approximate surface area is 239 Å². The highest BCUT2D eigenvalue weighted by Gasteiger charge is 2.27. The van der Waals surface area contributed by atoms with Gasteiger partial charge in [0.05, 0.1) is 11.4 Å². The number of amides is 1. The molecule has 0 bridgehead atoms. The zero-order valence-electron chi connectivity index (χ0n) is 22.8. The molecular weight excluding hydrogens is 530 g/mol. The number of aromatic nitrogens is 5. The third-order valence-electron chi connectivity index (χ3n) is 7.02. The molecule has 0 fully saturated rings. The Bertz CT molecular complexity index is 2180. The number of hydrogen-bond donors (Lipinski definition) is 3. The highest BCUT2D eigenvalue weighted by atomic mass is 16.2. The van der Waals surface area contributed by atoms with Crippen LogP contribution < -0.4 is 26.7 Å². The molecule has 1 atom stereocenters. The fourth-order valence-corrected chi connectivity index (χ4v) is 4.97. The third kappa shape index (κ3) is 4.69. The van der Waals surface area contributed by atoms with Crippen molar-refractivity contribution in [3.63, 3.8) is 0 Å². The molecule has 4 heterocycles. The number of rotatable bonds is 4. The van der Waals surface area contributed by atoms with Crippen LogP contribution in [0.25, 0.3) is 22.1 Å². The van der Waals surface area contributed by atoms with E-state index in [2.05, 4.69) is 27.2 Å². The first kappa shape index (κ1) is 26.3. The summed E-state index contributed by atoms with van der Waals surface area (Å²) in [4.78, 5) is 43.7. The number of nitrogen functional groups attached to an aromatic ring is 1. The third-order valence-corrected chi connectivity index (χ3v) is 7.02. The molecule has 0 spiro atoms. The Hall–Kier alpha value is -5.95. The van der Waals surface area contributed by atoms with E-state index in [4.69, 9.17) is 5.73 Å². The number of fused-ring (bicyclic) bond motifs is 2. The summed E-state index contributed by atoms with van der Waals surface area (Å²) in [6, 6.07) is 20.8. The highest BCUT2D eigenvalue weighted by molar-refractivity contribution is 6.03. The van der Waals surface area contributed by atoms with Crippen LogP contribution in [0.4, 0.5) is 5.82 Å². The summed E-state index contributed by atoms with van der Waals surface area (Å²) in [7, 11) is 1.66. The quantitative estimate of drug-likeness (QED) is 0.227. The van der Waals surface area contributed by atoms with E-state index in [0.29, 0.717) is 38.9 Å². The fourth-order valence-electron chi connectivity index (χ4n) is 4.97. The lowest BCUT2D eigenvalue weighted by Gasteiger charge is -2.21. The minimum absolute atomic E-state index is 0.132. The number of pyridine rings is 2. The van der Waals surface area contributed by atoms with Crippen molar-refractivity contribution in [3.8, 4) is 17.5 Å². The molecule has 10 heteroatoms. The smallest absolute Gasteiger partial charge is 0.362 e. The maximum absolute atomic E-state index is 14.2. The molecule has 42 heavy (non-hydrogen) atoms. The summed E-state index contributed by atoms with van der Waals surface area (Å²) in [6.45, 7) is 1.81. The number of carbonyl (C=O) groups excluding carboxylic acids is 1. The van der Waals surface area contributed by atoms with Crippen LogP contribution >= 0.6 is 0 Å². The van der Waals surface area contributed by atoms with Crippen molar-refractivity contribution in [2.24, 2.45) is 7.05 Å². The molecule has 4 N–H and O–H groups in total. The summed E-state index contributed by atoms with van der Waals surface area (Å²) in [5.74, 6) is 5.94. The number of carbonyl (C=O) groups is 1. The van der Waals surface area contributed by atoms with Gasteiger partial charge in [-0.2, -0.15) is 0 Å². The largest absolute Gasteiger partial charge is 0.382 e. The molecule has 0 aliphatic carbocycles. The molecular formula is C32H26N7O3+. The topological polar surface area (TPSA) is 132 Å². The van der Waals surface area contributed by atoms with E-state index in [1.165, 1.54) is 10.6 Å². The molecule has 1 unspecified atom stereocenters. The molecule has 0 saturated heterocycles. The standard InChI is InChI=1S/C32H25N7O3/c1-20(35-31(41)28-29(33)36-38-17-7-16-34-30(28)38)25-18-23-9-6-8-22(14-12-21-13-15-26(40)37(2)19-21)27(23)32(42)39(25)24-10-4-3-5-11-24/h3-11,13,15-20H,1-2H3,(H3,33,35,36,41)/p+1. The maximum atomic E-state index is 14.2. The van der Waals surface area contributed by atoms with Gasteiger partial charge < -0.3 is 15.6 Å². The summed E-state index contributed by atoms with van der Waals surface area (Å²) in [6.07, 6.45) is 4.95. The SMILES string of the molecule is CC(NC(=O)c1c(N)[nH][n+]2cccnc12)c1cc2cccc(C#Cc3ccc(=O)n(C)c3)c2c(=O)n1-c1ccccc1. The van der Waals surface area contributed by atoms with E-state index >= 15 is 0 Å². The van der Waals surface area contributed by atoms with Crippen LogP contribution in [0, 0.1) is 11.8 Å². The van der Waals surface area contributed by atoms with Crippen molar-refractivity contribution in [2.75, 3.05) is 5.73 Å². The zero-order chi connectivity index (χ0) is 29.4. The predicted molar refractivity (Wildman–Crippen MR) is 159 cm³/mol. The van der Waals surface area contributed by atoms with Crippen molar-refractivity contribution in [3.05, 3.63) is 134 Å². The lowest BCUT2D eigenvalue weighted by molar-refractivity contribution is -0.577. The molecule has 0 aliphatic heterocycles. The number of para-hydroxylation sites is 1. The van der Waals surface area contributed by atoms with E-state index in [-0.39, 0.29) is 22.5 Å². The Balaban J connectivity index is 1.47. The molecule has 6 aromatic rings. The van der Waals surface area contributed by atoms with Crippen LogP contribution in [0.3, 0.4) is 0 Å². The van der Waals surface area contributed by atoms with Crippen molar-refractivity contribution < 1.29 is 9.31 Å². The molecule has 0 radical (unpaired) electrons. The average Bonchev–Trinajstić information content (AvgIpc) is 3.33. The molecule has 4 aromatic heterocycles. The van der Waals surface area contributed by atoms with Crippen LogP contribution in [-0.4, -0.2) is 25.1 Å². The number of nitrogens with two attached hydrogens (primary N) is 1. The van der Waals surface area contributed by atoms with Gasteiger partial charge in [0.15, 0.2) is 11.4 Å². The molecule has 1 amide bonds. The molecule has 0 saturated carbocycles. The predicted octanol–water partition coefficient (Wildman–Crippen LogP) is 2.62. The summed E-state index contributed by atoms with van der Waals surface area (Å²) >= 11 is 0. The number of hydrogen-bond acceptors (Lipinski definition) is 5. The summed E-state index contributed by atoms with van der Waals surface area (Å²) in [5, 5.41) is 7.04. The van der Waals surface area contributed by atoms with Crippen molar-refractivity contribution >= 4 is 28.1 Å². The van der Waals surface area contributed by atoms with Crippen molar-refractivity contribution in [1.82, 2.24) is 24.5 Å². The van der Waals surface area contributed by atoms with Crippen LogP contribution in [0.15, 0.2) is 101 Å². The van der Waals surface area contributed by atoms with E-state index in [1.807, 2.05) is 55.5 Å². The Kier molecular flexibility index (Phi) is 6.60. The van der Waals surface area contributed by atoms with Gasteiger partial charge in [0.25, 0.3) is 11.5 Å². The number of benzene rings is 2. The first-order valence-electron chi connectivity index (χ1n) is 13.2. The number of aromatic amines is 1. The Morgan fingerprint density at radius 1 is 1.05 bits per heavy atom. The molecule has 206 valence electrons. The first-order valence-corrected chi connectivity index (χ1v) is 13.2. The second kappa shape index (κ2) is 10.6. The summed E-state index contributed by atoms with van der Waals surface area (Å²) < 4.78 is 4.62. The van der Waals surface area contributed by atoms with E-state index in [9.17, 15) is 14.4 Å². The van der Waals surface area contributed by atoms with Gasteiger partial charge in [0.1, 0.15) is 12.4 Å². The highest BCUT2D eigenvalue weighted by Crippen LogP contribution is 2.24. The van der Waals surface area contributed by atoms with Crippen molar-refractivity contribution in [1.29, 1.82) is 0 Å². The average molecular weight is 557 g/mol. The second-order valence-electron chi connectivity index (χ2n) is 9.84. The molecule has 2 aromatic carbocycles. The fraction of sp³-hybridized carbons (Fsp3) is 0.0938. The van der Waals surface area contributed by atoms with Gasteiger partial charge in [-0.05, 0) is 47.6 Å². The van der Waals surface area contributed by atoms with Crippen LogP contribution in [0.5, 0.6) is 0 Å². The van der Waals surface area contributed by atoms with Crippen molar-refractivity contribution in [2.45, 2.75) is 13.0 Å². The van der Waals surface area contributed by atoms with E-state index in [0.717, 1.165) is 0 Å². The number of anilines is 1. The van der Waals surface area contributed by atoms with Gasteiger partial charge in [-0.15, -0.1) is 4.52 Å². The van der Waals surface area contributed by atoms with E-state index < -0.39 is 11.9 Å². The van der Waals surface area contributed by atoms with Gasteiger partial charge in [-0.1, -0.05) is 42.2 Å². The Morgan fingerprint density at radius 2 is 1.86 bits per heavy atom. The van der Waals surface area contributed by atoms with Crippen LogP contribution in [-0.2, 0) is 7.05 Å². The zero-order valence-corrected chi connectivity index (χ0v) is 22.8. The first-order chi connectivity index (χ1) is 20.3.